The van der Waals surface area contributed by atoms with Crippen LogP contribution in [0.15, 0.2) is 12.4 Å². The van der Waals surface area contributed by atoms with Crippen LogP contribution in [-0.4, -0.2) is 25.2 Å². The van der Waals surface area contributed by atoms with E-state index in [2.05, 4.69) is 38.2 Å². The molecule has 0 aromatic heterocycles. The Morgan fingerprint density at radius 2 is 2.17 bits per heavy atom. The Kier molecular flexibility index (Phi) is 5.92. The van der Waals surface area contributed by atoms with Gasteiger partial charge in [-0.2, -0.15) is 0 Å². The first-order valence-electron chi connectivity index (χ1n) is 4.43. The molecule has 1 rings (SSSR count). The van der Waals surface area contributed by atoms with Crippen molar-refractivity contribution < 1.29 is 28.9 Å². The quantitative estimate of drug-likeness (QED) is 0.553. The van der Waals surface area contributed by atoms with Crippen LogP contribution in [0.2, 0.25) is 0 Å². The molecule has 0 radical (unpaired) electrons. The molecule has 0 fully saturated rings. The van der Waals surface area contributed by atoms with Gasteiger partial charge in [-0.15, -0.1) is 0 Å². The Balaban J connectivity index is 0.00000121. The second-order valence-corrected chi connectivity index (χ2v) is 3.82. The maximum Gasteiger partial charge on any atom is 0.156 e. The zero-order chi connectivity index (χ0) is 8.27. The number of hydrogen-bond donors (Lipinski definition) is 1. The maximum absolute atomic E-state index is 2.38. The van der Waals surface area contributed by atoms with Crippen LogP contribution in [0, 0.1) is 5.92 Å². The van der Waals surface area contributed by atoms with Crippen LogP contribution in [0.1, 0.15) is 20.3 Å². The monoisotopic (exact) mass is 282 g/mol. The van der Waals surface area contributed by atoms with E-state index in [1.807, 2.05) is 0 Å². The van der Waals surface area contributed by atoms with E-state index in [9.17, 15) is 0 Å². The Hall–Kier alpha value is 0.230. The van der Waals surface area contributed by atoms with E-state index >= 15 is 0 Å². The van der Waals surface area contributed by atoms with Gasteiger partial charge in [-0.05, 0) is 12.3 Å². The molecule has 0 amide bonds. The second kappa shape index (κ2) is 5.80. The van der Waals surface area contributed by atoms with Crippen LogP contribution in [0.25, 0.3) is 0 Å². The standard InChI is InChI=1S/C9H18N2.HI/c1-9(2)4-5-11-7-6-10(3)8-11;/h6-7,9H,4-5,8H2,1-3H3;1H. The van der Waals surface area contributed by atoms with E-state index < -0.39 is 0 Å². The highest BCUT2D eigenvalue weighted by Crippen LogP contribution is 2.01. The number of halogens is 1. The smallest absolute Gasteiger partial charge is 0.156 e. The molecule has 0 aromatic rings. The Bertz CT molecular complexity index is 145. The third-order valence-electron chi connectivity index (χ3n) is 2.02. The first-order valence-corrected chi connectivity index (χ1v) is 4.43. The molecule has 0 aromatic carbocycles. The van der Waals surface area contributed by atoms with Crippen molar-refractivity contribution in [3.05, 3.63) is 12.4 Å². The fraction of sp³-hybridized carbons (Fsp3) is 0.778. The van der Waals surface area contributed by atoms with Crippen LogP contribution in [0.5, 0.6) is 0 Å². The minimum atomic E-state index is 0. The molecule has 0 saturated heterocycles. The zero-order valence-corrected chi connectivity index (χ0v) is 10.3. The molecule has 1 aliphatic rings. The summed E-state index contributed by atoms with van der Waals surface area (Å²) in [7, 11) is 2.19. The van der Waals surface area contributed by atoms with Crippen molar-refractivity contribution in [1.82, 2.24) is 4.90 Å². The summed E-state index contributed by atoms with van der Waals surface area (Å²) in [6, 6.07) is 0. The van der Waals surface area contributed by atoms with Crippen LogP contribution < -0.4 is 28.9 Å². The van der Waals surface area contributed by atoms with Crippen molar-refractivity contribution in [2.75, 3.05) is 20.3 Å². The topological polar surface area (TPSA) is 7.68 Å². The zero-order valence-electron chi connectivity index (χ0n) is 8.18. The van der Waals surface area contributed by atoms with Crippen LogP contribution >= 0.6 is 0 Å². The van der Waals surface area contributed by atoms with E-state index in [1.54, 1.807) is 0 Å². The Labute approximate surface area is 92.6 Å². The van der Waals surface area contributed by atoms with E-state index in [0.29, 0.717) is 0 Å². The molecule has 0 spiro atoms. The number of rotatable bonds is 3. The van der Waals surface area contributed by atoms with Crippen molar-refractivity contribution in [3.63, 3.8) is 0 Å². The maximum atomic E-state index is 2.38. The van der Waals surface area contributed by atoms with Gasteiger partial charge >= 0.3 is 0 Å². The minimum Gasteiger partial charge on any atom is -1.00 e. The SMILES string of the molecule is CC(C)CCN1C=C[NH+](C)C1.[I-]. The van der Waals surface area contributed by atoms with E-state index in [4.69, 9.17) is 0 Å². The summed E-state index contributed by atoms with van der Waals surface area (Å²) in [6.07, 6.45) is 5.72. The molecule has 1 atom stereocenters. The fourth-order valence-electron chi connectivity index (χ4n) is 1.24. The Morgan fingerprint density at radius 3 is 2.58 bits per heavy atom. The second-order valence-electron chi connectivity index (χ2n) is 3.82. The molecule has 0 saturated carbocycles. The van der Waals surface area contributed by atoms with Gasteiger partial charge in [0.2, 0.25) is 0 Å². The largest absolute Gasteiger partial charge is 1.00 e. The molecule has 3 heteroatoms. The van der Waals surface area contributed by atoms with Crippen molar-refractivity contribution in [1.29, 1.82) is 0 Å². The van der Waals surface area contributed by atoms with Gasteiger partial charge < -0.3 is 28.9 Å². The van der Waals surface area contributed by atoms with Crippen molar-refractivity contribution >= 4 is 0 Å². The fourth-order valence-corrected chi connectivity index (χ4v) is 1.24. The van der Waals surface area contributed by atoms with Crippen molar-refractivity contribution in [2.24, 2.45) is 5.92 Å². The molecule has 1 aliphatic heterocycles. The van der Waals surface area contributed by atoms with Gasteiger partial charge in [0.15, 0.2) is 6.67 Å². The lowest BCUT2D eigenvalue weighted by Crippen LogP contribution is -3.03. The van der Waals surface area contributed by atoms with Crippen molar-refractivity contribution in [3.8, 4) is 0 Å². The lowest BCUT2D eigenvalue weighted by Gasteiger charge is -2.15. The van der Waals surface area contributed by atoms with Crippen molar-refractivity contribution in [2.45, 2.75) is 20.3 Å². The van der Waals surface area contributed by atoms with Gasteiger partial charge in [0.05, 0.1) is 13.2 Å². The van der Waals surface area contributed by atoms with Gasteiger partial charge in [0.1, 0.15) is 6.20 Å². The van der Waals surface area contributed by atoms with Gasteiger partial charge in [-0.1, -0.05) is 13.8 Å². The molecular formula is C9H19IN2. The molecule has 0 bridgehead atoms. The lowest BCUT2D eigenvalue weighted by atomic mass is 10.1. The highest BCUT2D eigenvalue weighted by atomic mass is 127. The predicted molar refractivity (Wildman–Crippen MR) is 47.1 cm³/mol. The average molecular weight is 282 g/mol. The van der Waals surface area contributed by atoms with Crippen LogP contribution in [-0.2, 0) is 0 Å². The highest BCUT2D eigenvalue weighted by molar-refractivity contribution is 4.77. The van der Waals surface area contributed by atoms with E-state index in [-0.39, 0.29) is 24.0 Å². The summed E-state index contributed by atoms with van der Waals surface area (Å²) >= 11 is 0. The van der Waals surface area contributed by atoms with Crippen LogP contribution in [0.3, 0.4) is 0 Å². The van der Waals surface area contributed by atoms with Crippen LogP contribution in [0.4, 0.5) is 0 Å². The van der Waals surface area contributed by atoms with E-state index in [0.717, 1.165) is 12.6 Å². The molecule has 1 heterocycles. The molecule has 1 unspecified atom stereocenters. The van der Waals surface area contributed by atoms with Gasteiger partial charge in [-0.25, -0.2) is 0 Å². The van der Waals surface area contributed by atoms with Gasteiger partial charge in [-0.3, -0.25) is 4.90 Å². The van der Waals surface area contributed by atoms with E-state index in [1.165, 1.54) is 17.9 Å². The number of quaternary nitrogens is 1. The highest BCUT2D eigenvalue weighted by Gasteiger charge is 2.11. The summed E-state index contributed by atoms with van der Waals surface area (Å²) in [5.41, 5.74) is 0. The normalized spacial score (nSPS) is 21.7. The third-order valence-corrected chi connectivity index (χ3v) is 2.02. The summed E-state index contributed by atoms with van der Waals surface area (Å²) in [6.45, 7) is 6.91. The number of nitrogens with one attached hydrogen (secondary N) is 1. The molecule has 1 N–H and O–H groups in total. The molecule has 0 aliphatic carbocycles. The number of hydrogen-bond acceptors (Lipinski definition) is 1. The summed E-state index contributed by atoms with van der Waals surface area (Å²) < 4.78 is 0. The summed E-state index contributed by atoms with van der Waals surface area (Å²) in [5.74, 6) is 0.823. The average Bonchev–Trinajstić information content (AvgIpc) is 2.31. The Morgan fingerprint density at radius 1 is 1.50 bits per heavy atom. The minimum absolute atomic E-state index is 0. The molecular weight excluding hydrogens is 263 g/mol. The molecule has 72 valence electrons. The first kappa shape index (κ1) is 12.2. The summed E-state index contributed by atoms with van der Waals surface area (Å²) in [4.78, 5) is 3.86. The first-order chi connectivity index (χ1) is 5.18. The number of nitrogens with zero attached hydrogens (tertiary/aromatic N) is 1. The van der Waals surface area contributed by atoms with Gasteiger partial charge in [0.25, 0.3) is 0 Å². The third kappa shape index (κ3) is 4.30. The summed E-state index contributed by atoms with van der Waals surface area (Å²) in [5, 5.41) is 0. The predicted octanol–water partition coefficient (Wildman–Crippen LogP) is -2.70. The lowest BCUT2D eigenvalue weighted by molar-refractivity contribution is -0.826. The molecule has 2 nitrogen and oxygen atoms in total. The van der Waals surface area contributed by atoms with Gasteiger partial charge in [0, 0.05) is 6.54 Å². The molecule has 12 heavy (non-hydrogen) atoms.